The highest BCUT2D eigenvalue weighted by Crippen LogP contribution is 2.19. The number of ether oxygens (including phenoxy) is 1. The molecule has 0 saturated heterocycles. The van der Waals surface area contributed by atoms with Crippen molar-refractivity contribution in [3.8, 4) is 5.75 Å². The maximum Gasteiger partial charge on any atom is 0.194 e. The average molecular weight is 166 g/mol. The van der Waals surface area contributed by atoms with Gasteiger partial charge in [0.15, 0.2) is 6.29 Å². The molecule has 0 fully saturated rings. The van der Waals surface area contributed by atoms with Gasteiger partial charge in [0.25, 0.3) is 0 Å². The Bertz CT molecular complexity index is 267. The third-order valence-electron chi connectivity index (χ3n) is 1.63. The first kappa shape index (κ1) is 9.07. The first-order chi connectivity index (χ1) is 5.59. The molecule has 0 aliphatic heterocycles. The second-order valence-corrected chi connectivity index (χ2v) is 2.99. The molecule has 0 radical (unpaired) electrons. The van der Waals surface area contributed by atoms with Crippen molar-refractivity contribution in [2.75, 3.05) is 0 Å². The van der Waals surface area contributed by atoms with Crippen LogP contribution in [0, 0.1) is 13.8 Å². The highest BCUT2D eigenvalue weighted by atomic mass is 16.6. The maximum absolute atomic E-state index is 8.98. The van der Waals surface area contributed by atoms with Crippen LogP contribution >= 0.6 is 0 Å². The molecule has 0 saturated carbocycles. The van der Waals surface area contributed by atoms with E-state index in [0.717, 1.165) is 11.3 Å². The monoisotopic (exact) mass is 166 g/mol. The standard InChI is InChI=1S/C10H14O2/c1-7-4-5-10(8(2)6-7)12-9(3)11/h4-6,9,11H,1-3H3. The van der Waals surface area contributed by atoms with Crippen molar-refractivity contribution < 1.29 is 9.84 Å². The number of aryl methyl sites for hydroxylation is 2. The van der Waals surface area contributed by atoms with Crippen LogP contribution in [0.25, 0.3) is 0 Å². The molecule has 0 heterocycles. The zero-order valence-electron chi connectivity index (χ0n) is 7.66. The molecule has 1 N–H and O–H groups in total. The molecule has 66 valence electrons. The lowest BCUT2D eigenvalue weighted by molar-refractivity contribution is -0.000813. The molecule has 2 heteroatoms. The summed E-state index contributed by atoms with van der Waals surface area (Å²) in [6.45, 7) is 5.59. The van der Waals surface area contributed by atoms with Crippen molar-refractivity contribution in [3.63, 3.8) is 0 Å². The minimum atomic E-state index is -0.744. The largest absolute Gasteiger partial charge is 0.465 e. The quantitative estimate of drug-likeness (QED) is 0.681. The SMILES string of the molecule is Cc1ccc(OC(C)O)c(C)c1. The maximum atomic E-state index is 8.98. The molecule has 0 aliphatic carbocycles. The zero-order valence-corrected chi connectivity index (χ0v) is 7.66. The summed E-state index contributed by atoms with van der Waals surface area (Å²) in [5.41, 5.74) is 2.25. The second kappa shape index (κ2) is 3.59. The number of rotatable bonds is 2. The normalized spacial score (nSPS) is 12.7. The van der Waals surface area contributed by atoms with Crippen molar-refractivity contribution in [2.24, 2.45) is 0 Å². The van der Waals surface area contributed by atoms with Gasteiger partial charge in [-0.05, 0) is 32.4 Å². The molecule has 12 heavy (non-hydrogen) atoms. The third-order valence-corrected chi connectivity index (χ3v) is 1.63. The van der Waals surface area contributed by atoms with Crippen molar-refractivity contribution in [3.05, 3.63) is 29.3 Å². The van der Waals surface area contributed by atoms with Gasteiger partial charge in [0.05, 0.1) is 0 Å². The number of benzene rings is 1. The minimum absolute atomic E-state index is 0.744. The van der Waals surface area contributed by atoms with Crippen LogP contribution in [-0.2, 0) is 0 Å². The van der Waals surface area contributed by atoms with E-state index in [9.17, 15) is 0 Å². The number of hydrogen-bond acceptors (Lipinski definition) is 2. The Balaban J connectivity index is 2.86. The fourth-order valence-electron chi connectivity index (χ4n) is 1.12. The molecule has 0 aliphatic rings. The number of hydrogen-bond donors (Lipinski definition) is 1. The van der Waals surface area contributed by atoms with Gasteiger partial charge in [0.2, 0.25) is 0 Å². The van der Waals surface area contributed by atoms with E-state index in [4.69, 9.17) is 9.84 Å². The van der Waals surface area contributed by atoms with Gasteiger partial charge >= 0.3 is 0 Å². The molecule has 0 aromatic heterocycles. The van der Waals surface area contributed by atoms with E-state index in [1.807, 2.05) is 32.0 Å². The Labute approximate surface area is 72.8 Å². The zero-order chi connectivity index (χ0) is 9.14. The Kier molecular flexibility index (Phi) is 2.71. The van der Waals surface area contributed by atoms with E-state index < -0.39 is 6.29 Å². The smallest absolute Gasteiger partial charge is 0.194 e. The highest BCUT2D eigenvalue weighted by molar-refractivity contribution is 5.35. The van der Waals surface area contributed by atoms with Crippen molar-refractivity contribution in [1.82, 2.24) is 0 Å². The molecule has 1 unspecified atom stereocenters. The third kappa shape index (κ3) is 2.24. The van der Waals surface area contributed by atoms with E-state index in [2.05, 4.69) is 0 Å². The van der Waals surface area contributed by atoms with Crippen LogP contribution in [0.2, 0.25) is 0 Å². The second-order valence-electron chi connectivity index (χ2n) is 2.99. The Morgan fingerprint density at radius 2 is 2.00 bits per heavy atom. The van der Waals surface area contributed by atoms with E-state index in [1.54, 1.807) is 6.92 Å². The first-order valence-corrected chi connectivity index (χ1v) is 4.01. The van der Waals surface area contributed by atoms with E-state index in [1.165, 1.54) is 5.56 Å². The van der Waals surface area contributed by atoms with Gasteiger partial charge in [-0.2, -0.15) is 0 Å². The average Bonchev–Trinajstić information content (AvgIpc) is 1.94. The lowest BCUT2D eigenvalue weighted by Crippen LogP contribution is -2.10. The van der Waals surface area contributed by atoms with Crippen LogP contribution in [0.15, 0.2) is 18.2 Å². The van der Waals surface area contributed by atoms with Crippen molar-refractivity contribution in [1.29, 1.82) is 0 Å². The minimum Gasteiger partial charge on any atom is -0.465 e. The fraction of sp³-hybridized carbons (Fsp3) is 0.400. The summed E-state index contributed by atoms with van der Waals surface area (Å²) < 4.78 is 5.16. The van der Waals surface area contributed by atoms with Gasteiger partial charge in [-0.25, -0.2) is 0 Å². The van der Waals surface area contributed by atoms with E-state index in [0.29, 0.717) is 0 Å². The summed E-state index contributed by atoms with van der Waals surface area (Å²) in [6, 6.07) is 5.86. The summed E-state index contributed by atoms with van der Waals surface area (Å²) >= 11 is 0. The summed E-state index contributed by atoms with van der Waals surface area (Å²) in [5.74, 6) is 0.746. The molecular formula is C10H14O2. The van der Waals surface area contributed by atoms with Crippen molar-refractivity contribution in [2.45, 2.75) is 27.1 Å². The molecule has 0 bridgehead atoms. The fourth-order valence-corrected chi connectivity index (χ4v) is 1.12. The van der Waals surface area contributed by atoms with E-state index in [-0.39, 0.29) is 0 Å². The van der Waals surface area contributed by atoms with Crippen LogP contribution < -0.4 is 4.74 Å². The van der Waals surface area contributed by atoms with Crippen LogP contribution in [0.4, 0.5) is 0 Å². The van der Waals surface area contributed by atoms with Gasteiger partial charge in [0, 0.05) is 0 Å². The van der Waals surface area contributed by atoms with Crippen molar-refractivity contribution >= 4 is 0 Å². The molecule has 0 spiro atoms. The predicted molar refractivity (Wildman–Crippen MR) is 48.2 cm³/mol. The lowest BCUT2D eigenvalue weighted by atomic mass is 10.1. The first-order valence-electron chi connectivity index (χ1n) is 4.01. The molecule has 1 rings (SSSR count). The van der Waals surface area contributed by atoms with Crippen LogP contribution in [-0.4, -0.2) is 11.4 Å². The summed E-state index contributed by atoms with van der Waals surface area (Å²) in [6.07, 6.45) is -0.744. The van der Waals surface area contributed by atoms with Gasteiger partial charge < -0.3 is 9.84 Å². The Hall–Kier alpha value is -1.02. The number of aliphatic hydroxyl groups is 1. The van der Waals surface area contributed by atoms with Crippen LogP contribution in [0.5, 0.6) is 5.75 Å². The van der Waals surface area contributed by atoms with Gasteiger partial charge in [-0.1, -0.05) is 17.7 Å². The summed E-state index contributed by atoms with van der Waals surface area (Å²) in [4.78, 5) is 0. The molecule has 0 amide bonds. The molecule has 2 nitrogen and oxygen atoms in total. The molecule has 1 aromatic rings. The van der Waals surface area contributed by atoms with Crippen LogP contribution in [0.1, 0.15) is 18.1 Å². The lowest BCUT2D eigenvalue weighted by Gasteiger charge is -2.11. The summed E-state index contributed by atoms with van der Waals surface area (Å²) in [5, 5.41) is 8.98. The highest BCUT2D eigenvalue weighted by Gasteiger charge is 2.01. The molecular weight excluding hydrogens is 152 g/mol. The molecule has 1 atom stereocenters. The molecule has 1 aromatic carbocycles. The predicted octanol–water partition coefficient (Wildman–Crippen LogP) is 2.02. The Morgan fingerprint density at radius 1 is 1.33 bits per heavy atom. The summed E-state index contributed by atoms with van der Waals surface area (Å²) in [7, 11) is 0. The number of aliphatic hydroxyl groups excluding tert-OH is 1. The van der Waals surface area contributed by atoms with Gasteiger partial charge in [-0.3, -0.25) is 0 Å². The van der Waals surface area contributed by atoms with E-state index >= 15 is 0 Å². The van der Waals surface area contributed by atoms with Gasteiger partial charge in [-0.15, -0.1) is 0 Å². The van der Waals surface area contributed by atoms with Crippen LogP contribution in [0.3, 0.4) is 0 Å². The topological polar surface area (TPSA) is 29.5 Å². The Morgan fingerprint density at radius 3 is 2.50 bits per heavy atom. The van der Waals surface area contributed by atoms with Gasteiger partial charge in [0.1, 0.15) is 5.75 Å².